The van der Waals surface area contributed by atoms with E-state index in [1.54, 1.807) is 24.3 Å². The van der Waals surface area contributed by atoms with Crippen LogP contribution in [-0.4, -0.2) is 24.1 Å². The number of nitrogens with zero attached hydrogens (tertiary/aromatic N) is 2. The van der Waals surface area contributed by atoms with Gasteiger partial charge in [-0.15, -0.1) is 0 Å². The number of benzene rings is 2. The first kappa shape index (κ1) is 17.9. The second-order valence-corrected chi connectivity index (χ2v) is 6.56. The van der Waals surface area contributed by atoms with Crippen molar-refractivity contribution in [3.8, 4) is 11.5 Å². The zero-order chi connectivity index (χ0) is 17.7. The minimum atomic E-state index is -0.520. The number of methoxy groups -OCH3 is 2. The largest absolute Gasteiger partial charge is 0.497 e. The Kier molecular flexibility index (Phi) is 5.88. The lowest BCUT2D eigenvalue weighted by Gasteiger charge is -2.06. The van der Waals surface area contributed by atoms with Crippen LogP contribution in [0.3, 0.4) is 0 Å². The molecule has 0 unspecified atom stereocenters. The van der Waals surface area contributed by atoms with Gasteiger partial charge < -0.3 is 9.47 Å². The standard InChI is InChI=1S/C14H12N2O6S2/c1-21-9-3-5-13(11(7-9)15(17)18)23-24-14-6-4-10(22-2)8-12(14)16(19)20/h3-8H,1-2H3. The first-order valence-corrected chi connectivity index (χ1v) is 8.60. The topological polar surface area (TPSA) is 105 Å². The van der Waals surface area contributed by atoms with Crippen molar-refractivity contribution in [1.29, 1.82) is 0 Å². The van der Waals surface area contributed by atoms with E-state index in [0.29, 0.717) is 21.3 Å². The lowest BCUT2D eigenvalue weighted by Crippen LogP contribution is -1.93. The average Bonchev–Trinajstić information content (AvgIpc) is 2.59. The number of hydrogen-bond donors (Lipinski definition) is 0. The first-order valence-electron chi connectivity index (χ1n) is 6.45. The molecule has 0 amide bonds. The van der Waals surface area contributed by atoms with Gasteiger partial charge in [-0.2, -0.15) is 0 Å². The molecule has 0 bridgehead atoms. The van der Waals surface area contributed by atoms with E-state index in [9.17, 15) is 20.2 Å². The summed E-state index contributed by atoms with van der Waals surface area (Å²) in [5.74, 6) is 0.734. The van der Waals surface area contributed by atoms with E-state index < -0.39 is 9.85 Å². The van der Waals surface area contributed by atoms with Gasteiger partial charge in [0, 0.05) is 0 Å². The van der Waals surface area contributed by atoms with Crippen molar-refractivity contribution in [2.24, 2.45) is 0 Å². The quantitative estimate of drug-likeness (QED) is 0.404. The molecule has 0 aliphatic carbocycles. The molecule has 0 aliphatic rings. The fourth-order valence-corrected chi connectivity index (χ4v) is 4.01. The predicted molar refractivity (Wildman–Crippen MR) is 91.0 cm³/mol. The zero-order valence-corrected chi connectivity index (χ0v) is 14.3. The van der Waals surface area contributed by atoms with Crippen LogP contribution in [0.4, 0.5) is 11.4 Å². The van der Waals surface area contributed by atoms with Gasteiger partial charge in [0.05, 0.1) is 46.0 Å². The lowest BCUT2D eigenvalue weighted by atomic mass is 10.3. The zero-order valence-electron chi connectivity index (χ0n) is 12.6. The predicted octanol–water partition coefficient (Wildman–Crippen LogP) is 4.32. The molecule has 0 spiro atoms. The molecule has 24 heavy (non-hydrogen) atoms. The summed E-state index contributed by atoms with van der Waals surface area (Å²) in [6.07, 6.45) is 0. The van der Waals surface area contributed by atoms with E-state index in [-0.39, 0.29) is 11.4 Å². The molecule has 126 valence electrons. The summed E-state index contributed by atoms with van der Waals surface area (Å²) in [5, 5.41) is 22.3. The van der Waals surface area contributed by atoms with Crippen molar-refractivity contribution in [2.75, 3.05) is 14.2 Å². The Labute approximate surface area is 144 Å². The van der Waals surface area contributed by atoms with E-state index in [4.69, 9.17) is 9.47 Å². The monoisotopic (exact) mass is 368 g/mol. The van der Waals surface area contributed by atoms with Crippen LogP contribution < -0.4 is 9.47 Å². The molecule has 0 N–H and O–H groups in total. The molecule has 0 radical (unpaired) electrons. The minimum absolute atomic E-state index is 0.122. The maximum Gasteiger partial charge on any atom is 0.287 e. The Morgan fingerprint density at radius 2 is 1.17 bits per heavy atom. The van der Waals surface area contributed by atoms with Crippen molar-refractivity contribution < 1.29 is 19.3 Å². The molecule has 0 saturated carbocycles. The second-order valence-electron chi connectivity index (χ2n) is 4.35. The van der Waals surface area contributed by atoms with E-state index in [2.05, 4.69) is 0 Å². The molecule has 0 fully saturated rings. The molecule has 0 atom stereocenters. The second kappa shape index (κ2) is 7.88. The van der Waals surface area contributed by atoms with Gasteiger partial charge in [-0.3, -0.25) is 20.2 Å². The van der Waals surface area contributed by atoms with E-state index in [1.165, 1.54) is 26.4 Å². The minimum Gasteiger partial charge on any atom is -0.497 e. The van der Waals surface area contributed by atoms with Crippen molar-refractivity contribution in [1.82, 2.24) is 0 Å². The van der Waals surface area contributed by atoms with Gasteiger partial charge >= 0.3 is 0 Å². The highest BCUT2D eigenvalue weighted by atomic mass is 33.1. The maximum absolute atomic E-state index is 11.2. The summed E-state index contributed by atoms with van der Waals surface area (Å²) in [6.45, 7) is 0. The normalized spacial score (nSPS) is 10.2. The van der Waals surface area contributed by atoms with Crippen molar-refractivity contribution in [3.63, 3.8) is 0 Å². The van der Waals surface area contributed by atoms with Gasteiger partial charge in [0.1, 0.15) is 11.5 Å². The molecule has 2 aromatic carbocycles. The number of hydrogen-bond acceptors (Lipinski definition) is 8. The van der Waals surface area contributed by atoms with Gasteiger partial charge in [0.25, 0.3) is 11.4 Å². The molecule has 0 aromatic heterocycles. The highest BCUT2D eigenvalue weighted by Gasteiger charge is 2.20. The molecular formula is C14H12N2O6S2. The molecule has 0 saturated heterocycles. The third kappa shape index (κ3) is 4.09. The van der Waals surface area contributed by atoms with Crippen LogP contribution in [0, 0.1) is 20.2 Å². The van der Waals surface area contributed by atoms with Crippen molar-refractivity contribution in [2.45, 2.75) is 9.79 Å². The molecule has 2 rings (SSSR count). The van der Waals surface area contributed by atoms with E-state index in [0.717, 1.165) is 21.6 Å². The van der Waals surface area contributed by atoms with Gasteiger partial charge in [0.15, 0.2) is 0 Å². The number of nitro groups is 2. The van der Waals surface area contributed by atoms with E-state index in [1.807, 2.05) is 0 Å². The Bertz CT molecular complexity index is 718. The summed E-state index contributed by atoms with van der Waals surface area (Å²) >= 11 is 0. The van der Waals surface area contributed by atoms with E-state index >= 15 is 0 Å². The molecule has 10 heteroatoms. The van der Waals surface area contributed by atoms with Crippen LogP contribution in [0.2, 0.25) is 0 Å². The highest BCUT2D eigenvalue weighted by molar-refractivity contribution is 8.76. The summed E-state index contributed by atoms with van der Waals surface area (Å²) in [7, 11) is 4.97. The Hall–Kier alpha value is -2.46. The van der Waals surface area contributed by atoms with Crippen LogP contribution in [0.1, 0.15) is 0 Å². The van der Waals surface area contributed by atoms with Crippen LogP contribution in [0.5, 0.6) is 11.5 Å². The van der Waals surface area contributed by atoms with Crippen molar-refractivity contribution in [3.05, 3.63) is 56.6 Å². The van der Waals surface area contributed by atoms with Gasteiger partial charge in [-0.05, 0) is 45.9 Å². The molecule has 0 aliphatic heterocycles. The molecule has 8 nitrogen and oxygen atoms in total. The molecule has 2 aromatic rings. The van der Waals surface area contributed by atoms with Crippen LogP contribution >= 0.6 is 21.6 Å². The first-order chi connectivity index (χ1) is 11.5. The SMILES string of the molecule is COc1ccc(SSc2ccc(OC)cc2[N+](=O)[O-])c([N+](=O)[O-])c1. The maximum atomic E-state index is 11.2. The summed E-state index contributed by atoms with van der Waals surface area (Å²) < 4.78 is 9.95. The van der Waals surface area contributed by atoms with Gasteiger partial charge in [-0.25, -0.2) is 0 Å². The number of rotatable bonds is 7. The Morgan fingerprint density at radius 3 is 1.46 bits per heavy atom. The third-order valence-electron chi connectivity index (χ3n) is 2.95. The fourth-order valence-electron chi connectivity index (χ4n) is 1.76. The highest BCUT2D eigenvalue weighted by Crippen LogP contribution is 2.46. The van der Waals surface area contributed by atoms with Crippen LogP contribution in [0.25, 0.3) is 0 Å². The number of nitro benzene ring substituents is 2. The summed E-state index contributed by atoms with van der Waals surface area (Å²) in [6, 6.07) is 8.90. The van der Waals surface area contributed by atoms with Gasteiger partial charge in [0.2, 0.25) is 0 Å². The van der Waals surface area contributed by atoms with Crippen LogP contribution in [0.15, 0.2) is 46.2 Å². The number of ether oxygens (including phenoxy) is 2. The smallest absolute Gasteiger partial charge is 0.287 e. The third-order valence-corrected chi connectivity index (χ3v) is 5.41. The summed E-state index contributed by atoms with van der Waals surface area (Å²) in [5.41, 5.74) is -0.244. The molecule has 0 heterocycles. The molecular weight excluding hydrogens is 356 g/mol. The average molecular weight is 368 g/mol. The van der Waals surface area contributed by atoms with Crippen LogP contribution in [-0.2, 0) is 0 Å². The summed E-state index contributed by atoms with van der Waals surface area (Å²) in [4.78, 5) is 22.0. The Balaban J connectivity index is 2.28. The lowest BCUT2D eigenvalue weighted by molar-refractivity contribution is -0.388. The Morgan fingerprint density at radius 1 is 0.792 bits per heavy atom. The fraction of sp³-hybridized carbons (Fsp3) is 0.143. The van der Waals surface area contributed by atoms with Gasteiger partial charge in [-0.1, -0.05) is 0 Å². The van der Waals surface area contributed by atoms with Crippen molar-refractivity contribution >= 4 is 33.0 Å².